The molecule has 0 aliphatic carbocycles. The van der Waals surface area contributed by atoms with Crippen molar-refractivity contribution in [3.05, 3.63) is 17.5 Å². The van der Waals surface area contributed by atoms with Crippen molar-refractivity contribution >= 4 is 0 Å². The van der Waals surface area contributed by atoms with Crippen molar-refractivity contribution in [2.75, 3.05) is 26.2 Å². The van der Waals surface area contributed by atoms with Crippen molar-refractivity contribution in [3.63, 3.8) is 0 Å². The average Bonchev–Trinajstić information content (AvgIpc) is 2.93. The van der Waals surface area contributed by atoms with Crippen molar-refractivity contribution in [1.29, 1.82) is 0 Å². The lowest BCUT2D eigenvalue weighted by atomic mass is 10.3. The maximum absolute atomic E-state index is 4.45. The van der Waals surface area contributed by atoms with E-state index in [9.17, 15) is 0 Å². The Morgan fingerprint density at radius 1 is 1.35 bits per heavy atom. The molecular formula is C13H24N4. The van der Waals surface area contributed by atoms with Gasteiger partial charge in [0.1, 0.15) is 0 Å². The number of likely N-dealkylation sites (tertiary alicyclic amines) is 1. The minimum absolute atomic E-state index is 0.933. The summed E-state index contributed by atoms with van der Waals surface area (Å²) in [7, 11) is 0. The zero-order valence-corrected chi connectivity index (χ0v) is 11.1. The summed E-state index contributed by atoms with van der Waals surface area (Å²) < 4.78 is 2.08. The monoisotopic (exact) mass is 236 g/mol. The highest BCUT2D eigenvalue weighted by molar-refractivity contribution is 5.08. The molecule has 0 spiro atoms. The molecule has 1 aliphatic rings. The standard InChI is InChI=1S/C13H24N4/c1-3-17-13(10-12(2)15-17)11-14-6-9-16-7-4-5-8-16/h10,14H,3-9,11H2,1-2H3. The number of hydrogen-bond donors (Lipinski definition) is 1. The van der Waals surface area contributed by atoms with E-state index in [0.29, 0.717) is 0 Å². The van der Waals surface area contributed by atoms with E-state index in [0.717, 1.165) is 25.3 Å². The normalized spacial score (nSPS) is 16.8. The van der Waals surface area contributed by atoms with E-state index < -0.39 is 0 Å². The molecule has 0 atom stereocenters. The second kappa shape index (κ2) is 6.17. The number of nitrogens with zero attached hydrogens (tertiary/aromatic N) is 3. The smallest absolute Gasteiger partial charge is 0.0597 e. The van der Waals surface area contributed by atoms with Gasteiger partial charge in [0.05, 0.1) is 11.4 Å². The van der Waals surface area contributed by atoms with Crippen LogP contribution in [0, 0.1) is 6.92 Å². The highest BCUT2D eigenvalue weighted by Crippen LogP contribution is 2.06. The minimum Gasteiger partial charge on any atom is -0.310 e. The molecule has 4 heteroatoms. The first-order chi connectivity index (χ1) is 8.29. The van der Waals surface area contributed by atoms with Crippen molar-refractivity contribution in [3.8, 4) is 0 Å². The quantitative estimate of drug-likeness (QED) is 0.758. The zero-order valence-electron chi connectivity index (χ0n) is 11.1. The summed E-state index contributed by atoms with van der Waals surface area (Å²) in [5.41, 5.74) is 2.41. The number of nitrogens with one attached hydrogen (secondary N) is 1. The van der Waals surface area contributed by atoms with E-state index in [4.69, 9.17) is 0 Å². The van der Waals surface area contributed by atoms with Gasteiger partial charge in [-0.2, -0.15) is 5.10 Å². The SMILES string of the molecule is CCn1nc(C)cc1CNCCN1CCCC1. The lowest BCUT2D eigenvalue weighted by Crippen LogP contribution is -2.30. The lowest BCUT2D eigenvalue weighted by Gasteiger charge is -2.14. The van der Waals surface area contributed by atoms with Crippen molar-refractivity contribution < 1.29 is 0 Å². The number of aryl methyl sites for hydroxylation is 2. The molecule has 1 saturated heterocycles. The molecule has 1 fully saturated rings. The van der Waals surface area contributed by atoms with Gasteiger partial charge >= 0.3 is 0 Å². The van der Waals surface area contributed by atoms with E-state index in [-0.39, 0.29) is 0 Å². The molecule has 96 valence electrons. The summed E-state index contributed by atoms with van der Waals surface area (Å²) >= 11 is 0. The molecule has 0 aromatic carbocycles. The van der Waals surface area contributed by atoms with Crippen molar-refractivity contribution in [2.45, 2.75) is 39.8 Å². The fraction of sp³-hybridized carbons (Fsp3) is 0.769. The van der Waals surface area contributed by atoms with Crippen LogP contribution >= 0.6 is 0 Å². The highest BCUT2D eigenvalue weighted by Gasteiger charge is 2.10. The van der Waals surface area contributed by atoms with Crippen LogP contribution in [0.5, 0.6) is 0 Å². The van der Waals surface area contributed by atoms with Gasteiger partial charge in [0.2, 0.25) is 0 Å². The zero-order chi connectivity index (χ0) is 12.1. The molecule has 2 rings (SSSR count). The predicted molar refractivity (Wildman–Crippen MR) is 70.0 cm³/mol. The van der Waals surface area contributed by atoms with E-state index >= 15 is 0 Å². The molecule has 0 unspecified atom stereocenters. The van der Waals surface area contributed by atoms with Crippen LogP contribution in [-0.4, -0.2) is 40.9 Å². The van der Waals surface area contributed by atoms with Gasteiger partial charge in [0.15, 0.2) is 0 Å². The van der Waals surface area contributed by atoms with Crippen LogP contribution in [0.2, 0.25) is 0 Å². The van der Waals surface area contributed by atoms with Crippen LogP contribution in [0.25, 0.3) is 0 Å². The Morgan fingerprint density at radius 3 is 2.82 bits per heavy atom. The Kier molecular flexibility index (Phi) is 4.57. The van der Waals surface area contributed by atoms with E-state index in [1.807, 2.05) is 0 Å². The van der Waals surface area contributed by atoms with Crippen LogP contribution in [0.4, 0.5) is 0 Å². The van der Waals surface area contributed by atoms with Crippen LogP contribution in [0.15, 0.2) is 6.07 Å². The fourth-order valence-electron chi connectivity index (χ4n) is 2.48. The fourth-order valence-corrected chi connectivity index (χ4v) is 2.48. The first-order valence-electron chi connectivity index (χ1n) is 6.76. The minimum atomic E-state index is 0.933. The summed E-state index contributed by atoms with van der Waals surface area (Å²) in [6.45, 7) is 10.9. The molecule has 2 heterocycles. The molecule has 0 amide bonds. The third-order valence-corrected chi connectivity index (χ3v) is 3.39. The molecule has 0 saturated carbocycles. The van der Waals surface area contributed by atoms with Crippen LogP contribution in [-0.2, 0) is 13.1 Å². The Balaban J connectivity index is 1.70. The average molecular weight is 236 g/mol. The molecule has 1 N–H and O–H groups in total. The predicted octanol–water partition coefficient (Wildman–Crippen LogP) is 1.40. The molecule has 1 aromatic rings. The number of aromatic nitrogens is 2. The summed E-state index contributed by atoms with van der Waals surface area (Å²) in [6, 6.07) is 2.17. The van der Waals surface area contributed by atoms with Crippen LogP contribution < -0.4 is 5.32 Å². The molecule has 0 radical (unpaired) electrons. The Hall–Kier alpha value is -0.870. The van der Waals surface area contributed by atoms with Gasteiger partial charge in [-0.05, 0) is 45.8 Å². The second-order valence-electron chi connectivity index (χ2n) is 4.82. The van der Waals surface area contributed by atoms with Gasteiger partial charge in [0.25, 0.3) is 0 Å². The van der Waals surface area contributed by atoms with Gasteiger partial charge in [-0.1, -0.05) is 0 Å². The van der Waals surface area contributed by atoms with Crippen LogP contribution in [0.1, 0.15) is 31.2 Å². The third-order valence-electron chi connectivity index (χ3n) is 3.39. The molecule has 4 nitrogen and oxygen atoms in total. The molecular weight excluding hydrogens is 212 g/mol. The summed E-state index contributed by atoms with van der Waals surface area (Å²) in [6.07, 6.45) is 2.75. The maximum atomic E-state index is 4.45. The van der Waals surface area contributed by atoms with Gasteiger partial charge in [-0.25, -0.2) is 0 Å². The van der Waals surface area contributed by atoms with Crippen molar-refractivity contribution in [1.82, 2.24) is 20.0 Å². The molecule has 17 heavy (non-hydrogen) atoms. The second-order valence-corrected chi connectivity index (χ2v) is 4.82. The summed E-state index contributed by atoms with van der Waals surface area (Å²) in [5.74, 6) is 0. The number of rotatable bonds is 6. The van der Waals surface area contributed by atoms with Gasteiger partial charge in [0, 0.05) is 26.2 Å². The van der Waals surface area contributed by atoms with Gasteiger partial charge in [-0.15, -0.1) is 0 Å². The highest BCUT2D eigenvalue weighted by atomic mass is 15.3. The lowest BCUT2D eigenvalue weighted by molar-refractivity contribution is 0.335. The van der Waals surface area contributed by atoms with Gasteiger partial charge < -0.3 is 10.2 Å². The topological polar surface area (TPSA) is 33.1 Å². The Morgan fingerprint density at radius 2 is 2.12 bits per heavy atom. The van der Waals surface area contributed by atoms with Gasteiger partial charge in [-0.3, -0.25) is 4.68 Å². The Bertz CT molecular complexity index is 339. The molecule has 1 aromatic heterocycles. The number of hydrogen-bond acceptors (Lipinski definition) is 3. The van der Waals surface area contributed by atoms with E-state index in [1.165, 1.54) is 38.2 Å². The van der Waals surface area contributed by atoms with Crippen molar-refractivity contribution in [2.24, 2.45) is 0 Å². The maximum Gasteiger partial charge on any atom is 0.0597 e. The summed E-state index contributed by atoms with van der Waals surface area (Å²) in [4.78, 5) is 2.54. The van der Waals surface area contributed by atoms with E-state index in [2.05, 4.69) is 39.9 Å². The molecule has 0 bridgehead atoms. The molecule has 1 aliphatic heterocycles. The summed E-state index contributed by atoms with van der Waals surface area (Å²) in [5, 5.41) is 7.97. The van der Waals surface area contributed by atoms with E-state index in [1.54, 1.807) is 0 Å². The largest absolute Gasteiger partial charge is 0.310 e. The Labute approximate surface area is 104 Å². The first kappa shape index (κ1) is 12.6. The van der Waals surface area contributed by atoms with Crippen LogP contribution in [0.3, 0.4) is 0 Å². The third kappa shape index (κ3) is 3.54. The first-order valence-corrected chi connectivity index (χ1v) is 6.76.